The molecule has 2 nitrogen and oxygen atoms in total. The largest absolute Gasteiger partial charge is 0.312 e. The third kappa shape index (κ3) is 3.08. The summed E-state index contributed by atoms with van der Waals surface area (Å²) in [5.74, 6) is 3.10. The van der Waals surface area contributed by atoms with Crippen molar-refractivity contribution in [1.29, 1.82) is 0 Å². The van der Waals surface area contributed by atoms with E-state index in [2.05, 4.69) is 17.2 Å². The van der Waals surface area contributed by atoms with Gasteiger partial charge in [-0.25, -0.2) is 4.98 Å². The summed E-state index contributed by atoms with van der Waals surface area (Å²) in [4.78, 5) is 5.80. The fraction of sp³-hybridized carbons (Fsp3) is 0.786. The molecule has 2 fully saturated rings. The first-order valence-corrected chi connectivity index (χ1v) is 7.82. The van der Waals surface area contributed by atoms with Gasteiger partial charge in [0.15, 0.2) is 0 Å². The van der Waals surface area contributed by atoms with E-state index >= 15 is 0 Å². The number of aromatic nitrogens is 1. The van der Waals surface area contributed by atoms with Crippen LogP contribution in [0.25, 0.3) is 0 Å². The zero-order valence-electron chi connectivity index (χ0n) is 10.6. The molecule has 0 radical (unpaired) electrons. The standard InChI is InChI=1S/C14H22N2S/c1-2-14-16-8-12(17-14)7-15-9-13(10-3-4-10)11-5-6-11/h8,10-11,13,15H,2-7,9H2,1H3. The van der Waals surface area contributed by atoms with Crippen LogP contribution in [0.5, 0.6) is 0 Å². The molecule has 2 aliphatic rings. The lowest BCUT2D eigenvalue weighted by molar-refractivity contribution is 0.379. The molecule has 2 saturated carbocycles. The lowest BCUT2D eigenvalue weighted by atomic mass is 9.98. The minimum atomic E-state index is 0.980. The quantitative estimate of drug-likeness (QED) is 0.803. The van der Waals surface area contributed by atoms with Crippen molar-refractivity contribution in [3.8, 4) is 0 Å². The van der Waals surface area contributed by atoms with Crippen LogP contribution in [0, 0.1) is 17.8 Å². The van der Waals surface area contributed by atoms with Gasteiger partial charge in [-0.1, -0.05) is 6.92 Å². The van der Waals surface area contributed by atoms with Gasteiger partial charge in [-0.2, -0.15) is 0 Å². The number of thiazole rings is 1. The lowest BCUT2D eigenvalue weighted by Gasteiger charge is -2.15. The Morgan fingerprint density at radius 3 is 2.59 bits per heavy atom. The van der Waals surface area contributed by atoms with Gasteiger partial charge in [0, 0.05) is 17.6 Å². The van der Waals surface area contributed by atoms with Crippen LogP contribution in [0.1, 0.15) is 42.5 Å². The Morgan fingerprint density at radius 2 is 2.06 bits per heavy atom. The van der Waals surface area contributed by atoms with Gasteiger partial charge in [0.25, 0.3) is 0 Å². The predicted molar refractivity (Wildman–Crippen MR) is 72.1 cm³/mol. The molecule has 1 aromatic heterocycles. The molecule has 3 heteroatoms. The molecule has 0 spiro atoms. The smallest absolute Gasteiger partial charge is 0.0925 e. The summed E-state index contributed by atoms with van der Waals surface area (Å²) >= 11 is 1.86. The molecule has 0 aliphatic heterocycles. The molecule has 94 valence electrons. The molecule has 0 bridgehead atoms. The van der Waals surface area contributed by atoms with Gasteiger partial charge in [0.2, 0.25) is 0 Å². The van der Waals surface area contributed by atoms with Gasteiger partial charge in [-0.3, -0.25) is 0 Å². The lowest BCUT2D eigenvalue weighted by Crippen LogP contribution is -2.24. The van der Waals surface area contributed by atoms with Crippen LogP contribution < -0.4 is 5.32 Å². The van der Waals surface area contributed by atoms with E-state index in [1.807, 2.05) is 17.5 Å². The van der Waals surface area contributed by atoms with Gasteiger partial charge in [0.05, 0.1) is 5.01 Å². The molecule has 0 unspecified atom stereocenters. The van der Waals surface area contributed by atoms with E-state index < -0.39 is 0 Å². The van der Waals surface area contributed by atoms with Crippen LogP contribution in [-0.2, 0) is 13.0 Å². The Hall–Kier alpha value is -0.410. The highest BCUT2D eigenvalue weighted by molar-refractivity contribution is 7.11. The van der Waals surface area contributed by atoms with E-state index in [-0.39, 0.29) is 0 Å². The summed E-state index contributed by atoms with van der Waals surface area (Å²) in [5.41, 5.74) is 0. The molecule has 1 N–H and O–H groups in total. The Kier molecular flexibility index (Phi) is 3.48. The highest BCUT2D eigenvalue weighted by Crippen LogP contribution is 2.48. The van der Waals surface area contributed by atoms with Crippen LogP contribution in [0.4, 0.5) is 0 Å². The third-order valence-corrected chi connectivity index (χ3v) is 5.18. The van der Waals surface area contributed by atoms with Crippen molar-refractivity contribution in [2.75, 3.05) is 6.54 Å². The van der Waals surface area contributed by atoms with Gasteiger partial charge in [-0.15, -0.1) is 11.3 Å². The van der Waals surface area contributed by atoms with E-state index in [0.29, 0.717) is 0 Å². The first-order chi connectivity index (χ1) is 8.36. The minimum Gasteiger partial charge on any atom is -0.312 e. The molecule has 0 saturated heterocycles. The molecular formula is C14H22N2S. The van der Waals surface area contributed by atoms with Gasteiger partial charge >= 0.3 is 0 Å². The van der Waals surface area contributed by atoms with Crippen molar-refractivity contribution in [2.45, 2.75) is 45.6 Å². The van der Waals surface area contributed by atoms with E-state index in [9.17, 15) is 0 Å². The molecular weight excluding hydrogens is 228 g/mol. The predicted octanol–water partition coefficient (Wildman–Crippen LogP) is 3.23. The number of hydrogen-bond acceptors (Lipinski definition) is 3. The summed E-state index contributed by atoms with van der Waals surface area (Å²) < 4.78 is 0. The van der Waals surface area contributed by atoms with Crippen molar-refractivity contribution in [3.63, 3.8) is 0 Å². The van der Waals surface area contributed by atoms with E-state index in [0.717, 1.165) is 30.7 Å². The maximum absolute atomic E-state index is 4.41. The topological polar surface area (TPSA) is 24.9 Å². The van der Waals surface area contributed by atoms with Crippen molar-refractivity contribution in [3.05, 3.63) is 16.1 Å². The van der Waals surface area contributed by atoms with Crippen molar-refractivity contribution < 1.29 is 0 Å². The zero-order chi connectivity index (χ0) is 11.7. The van der Waals surface area contributed by atoms with Gasteiger partial charge in [-0.05, 0) is 56.4 Å². The average molecular weight is 250 g/mol. The molecule has 0 amide bonds. The second kappa shape index (κ2) is 5.07. The summed E-state index contributed by atoms with van der Waals surface area (Å²) in [6, 6.07) is 0. The first-order valence-electron chi connectivity index (χ1n) is 7.01. The Bertz CT molecular complexity index is 354. The van der Waals surface area contributed by atoms with Crippen molar-refractivity contribution in [1.82, 2.24) is 10.3 Å². The summed E-state index contributed by atoms with van der Waals surface area (Å²) in [6.45, 7) is 4.43. The monoisotopic (exact) mass is 250 g/mol. The summed E-state index contributed by atoms with van der Waals surface area (Å²) in [6.07, 6.45) is 9.07. The maximum atomic E-state index is 4.41. The Balaban J connectivity index is 1.44. The molecule has 1 heterocycles. The van der Waals surface area contributed by atoms with Gasteiger partial charge < -0.3 is 5.32 Å². The van der Waals surface area contributed by atoms with Crippen LogP contribution >= 0.6 is 11.3 Å². The van der Waals surface area contributed by atoms with E-state index in [4.69, 9.17) is 0 Å². The molecule has 3 rings (SSSR count). The van der Waals surface area contributed by atoms with E-state index in [1.165, 1.54) is 42.1 Å². The van der Waals surface area contributed by atoms with Crippen LogP contribution in [0.15, 0.2) is 6.20 Å². The van der Waals surface area contributed by atoms with Crippen LogP contribution in [0.2, 0.25) is 0 Å². The van der Waals surface area contributed by atoms with Crippen molar-refractivity contribution >= 4 is 11.3 Å². The average Bonchev–Trinajstić information content (AvgIpc) is 3.25. The maximum Gasteiger partial charge on any atom is 0.0925 e. The zero-order valence-corrected chi connectivity index (χ0v) is 11.4. The molecule has 0 atom stereocenters. The van der Waals surface area contributed by atoms with Crippen LogP contribution in [-0.4, -0.2) is 11.5 Å². The fourth-order valence-electron chi connectivity index (χ4n) is 2.72. The number of rotatable bonds is 7. The fourth-order valence-corrected chi connectivity index (χ4v) is 3.55. The van der Waals surface area contributed by atoms with Crippen molar-refractivity contribution in [2.24, 2.45) is 17.8 Å². The van der Waals surface area contributed by atoms with Gasteiger partial charge in [0.1, 0.15) is 0 Å². The summed E-state index contributed by atoms with van der Waals surface area (Å²) in [7, 11) is 0. The highest BCUT2D eigenvalue weighted by atomic mass is 32.1. The third-order valence-electron chi connectivity index (χ3n) is 4.04. The normalized spacial score (nSPS) is 20.1. The van der Waals surface area contributed by atoms with E-state index in [1.54, 1.807) is 0 Å². The second-order valence-electron chi connectivity index (χ2n) is 5.54. The number of nitrogens with one attached hydrogen (secondary N) is 1. The Labute approximate surface area is 108 Å². The van der Waals surface area contributed by atoms with Crippen LogP contribution in [0.3, 0.4) is 0 Å². The second-order valence-corrected chi connectivity index (χ2v) is 6.74. The molecule has 0 aromatic carbocycles. The minimum absolute atomic E-state index is 0.980. The SMILES string of the molecule is CCc1ncc(CNCC(C2CC2)C2CC2)s1. The number of hydrogen-bond donors (Lipinski definition) is 1. The number of nitrogens with zero attached hydrogens (tertiary/aromatic N) is 1. The first kappa shape index (κ1) is 11.7. The highest BCUT2D eigenvalue weighted by Gasteiger charge is 2.40. The summed E-state index contributed by atoms with van der Waals surface area (Å²) in [5, 5.41) is 4.92. The molecule has 1 aromatic rings. The Morgan fingerprint density at radius 1 is 1.35 bits per heavy atom. The number of aryl methyl sites for hydroxylation is 1. The molecule has 17 heavy (non-hydrogen) atoms. The molecule has 2 aliphatic carbocycles.